The van der Waals surface area contributed by atoms with Crippen LogP contribution >= 0.6 is 0 Å². The van der Waals surface area contributed by atoms with Crippen molar-refractivity contribution in [3.8, 4) is 0 Å². The molecule has 102 valence electrons. The van der Waals surface area contributed by atoms with E-state index in [1.54, 1.807) is 0 Å². The van der Waals surface area contributed by atoms with Gasteiger partial charge < -0.3 is 25.8 Å². The average Bonchev–Trinajstić information content (AvgIpc) is 2.94. The predicted octanol–water partition coefficient (Wildman–Crippen LogP) is -2.58. The van der Waals surface area contributed by atoms with Gasteiger partial charge in [-0.2, -0.15) is 5.10 Å². The van der Waals surface area contributed by atoms with Crippen LogP contribution in [-0.2, 0) is 4.74 Å². The molecule has 0 bridgehead atoms. The molecule has 1 aliphatic rings. The van der Waals surface area contributed by atoms with Crippen molar-refractivity contribution < 1.29 is 20.1 Å². The zero-order valence-corrected chi connectivity index (χ0v) is 9.66. The molecule has 4 atom stereocenters. The SMILES string of the molecule is Nc1nncc2c1nnn2[C@@H]1O[C@H](CO)[C@@H](O)[C@H]1O. The fraction of sp³-hybridized carbons (Fsp3) is 0.556. The Balaban J connectivity index is 2.04. The normalized spacial score (nSPS) is 31.1. The van der Waals surface area contributed by atoms with Gasteiger partial charge in [0.05, 0.1) is 12.8 Å². The van der Waals surface area contributed by atoms with Crippen LogP contribution in [0.5, 0.6) is 0 Å². The summed E-state index contributed by atoms with van der Waals surface area (Å²) in [6.07, 6.45) is -2.93. The number of nitrogens with two attached hydrogens (primary N) is 1. The molecule has 2 aromatic heterocycles. The van der Waals surface area contributed by atoms with E-state index in [1.165, 1.54) is 10.9 Å². The molecule has 3 rings (SSSR count). The molecule has 2 aromatic rings. The molecule has 3 heterocycles. The van der Waals surface area contributed by atoms with Crippen molar-refractivity contribution in [3.05, 3.63) is 6.20 Å². The van der Waals surface area contributed by atoms with E-state index in [-0.39, 0.29) is 5.82 Å². The van der Waals surface area contributed by atoms with Gasteiger partial charge in [0, 0.05) is 0 Å². The number of anilines is 1. The molecule has 0 spiro atoms. The maximum absolute atomic E-state index is 9.92. The van der Waals surface area contributed by atoms with E-state index >= 15 is 0 Å². The van der Waals surface area contributed by atoms with Gasteiger partial charge in [-0.3, -0.25) is 0 Å². The molecule has 1 fully saturated rings. The monoisotopic (exact) mass is 268 g/mol. The number of rotatable bonds is 2. The number of hydrogen-bond acceptors (Lipinski definition) is 9. The number of aliphatic hydroxyl groups excluding tert-OH is 3. The van der Waals surface area contributed by atoms with Crippen LogP contribution in [0.25, 0.3) is 11.0 Å². The summed E-state index contributed by atoms with van der Waals surface area (Å²) in [6, 6.07) is 0. The molecular weight excluding hydrogens is 256 g/mol. The number of ether oxygens (including phenoxy) is 1. The van der Waals surface area contributed by atoms with Crippen molar-refractivity contribution >= 4 is 16.9 Å². The van der Waals surface area contributed by atoms with E-state index < -0.39 is 31.1 Å². The first-order chi connectivity index (χ1) is 9.13. The third kappa shape index (κ3) is 1.73. The minimum atomic E-state index is -1.24. The lowest BCUT2D eigenvalue weighted by Gasteiger charge is -2.14. The number of nitrogen functional groups attached to an aromatic ring is 1. The molecule has 0 amide bonds. The van der Waals surface area contributed by atoms with E-state index in [1.807, 2.05) is 0 Å². The highest BCUT2D eigenvalue weighted by atomic mass is 16.6. The highest BCUT2D eigenvalue weighted by Crippen LogP contribution is 2.30. The average molecular weight is 268 g/mol. The van der Waals surface area contributed by atoms with Crippen LogP contribution in [0, 0.1) is 0 Å². The molecule has 1 aliphatic heterocycles. The highest BCUT2D eigenvalue weighted by molar-refractivity contribution is 5.82. The lowest BCUT2D eigenvalue weighted by Crippen LogP contribution is -2.33. The number of nitrogens with zero attached hydrogens (tertiary/aromatic N) is 5. The van der Waals surface area contributed by atoms with Crippen molar-refractivity contribution in [3.63, 3.8) is 0 Å². The second-order valence-electron chi connectivity index (χ2n) is 4.23. The van der Waals surface area contributed by atoms with Gasteiger partial charge in [-0.15, -0.1) is 10.2 Å². The topological polar surface area (TPSA) is 152 Å². The van der Waals surface area contributed by atoms with E-state index in [0.717, 1.165) is 0 Å². The maximum Gasteiger partial charge on any atom is 0.181 e. The van der Waals surface area contributed by atoms with Crippen LogP contribution < -0.4 is 5.73 Å². The Morgan fingerprint density at radius 2 is 2.11 bits per heavy atom. The number of fused-ring (bicyclic) bond motifs is 1. The van der Waals surface area contributed by atoms with Gasteiger partial charge in [0.2, 0.25) is 0 Å². The van der Waals surface area contributed by atoms with Crippen molar-refractivity contribution in [2.75, 3.05) is 12.3 Å². The lowest BCUT2D eigenvalue weighted by molar-refractivity contribution is -0.0572. The molecule has 0 unspecified atom stereocenters. The Labute approximate surface area is 106 Å². The summed E-state index contributed by atoms with van der Waals surface area (Å²) in [5.41, 5.74) is 6.35. The fourth-order valence-corrected chi connectivity index (χ4v) is 2.07. The zero-order chi connectivity index (χ0) is 13.6. The third-order valence-corrected chi connectivity index (χ3v) is 3.08. The molecule has 0 aromatic carbocycles. The zero-order valence-electron chi connectivity index (χ0n) is 9.66. The molecule has 1 saturated heterocycles. The molecule has 0 aliphatic carbocycles. The van der Waals surface area contributed by atoms with Gasteiger partial charge in [0.15, 0.2) is 17.6 Å². The second kappa shape index (κ2) is 4.35. The lowest BCUT2D eigenvalue weighted by atomic mass is 10.1. The summed E-state index contributed by atoms with van der Waals surface area (Å²) < 4.78 is 6.60. The van der Waals surface area contributed by atoms with Crippen LogP contribution in [0.4, 0.5) is 5.82 Å². The summed E-state index contributed by atoms with van der Waals surface area (Å²) in [4.78, 5) is 0. The van der Waals surface area contributed by atoms with E-state index in [0.29, 0.717) is 11.0 Å². The molecule has 0 radical (unpaired) electrons. The van der Waals surface area contributed by atoms with Crippen molar-refractivity contribution in [2.45, 2.75) is 24.5 Å². The minimum Gasteiger partial charge on any atom is -0.394 e. The quantitative estimate of drug-likeness (QED) is 0.459. The van der Waals surface area contributed by atoms with E-state index in [9.17, 15) is 10.2 Å². The minimum absolute atomic E-state index is 0.107. The summed E-state index contributed by atoms with van der Waals surface area (Å²) in [5, 5.41) is 43.6. The second-order valence-corrected chi connectivity index (χ2v) is 4.23. The Morgan fingerprint density at radius 3 is 2.79 bits per heavy atom. The Morgan fingerprint density at radius 1 is 1.32 bits per heavy atom. The third-order valence-electron chi connectivity index (χ3n) is 3.08. The van der Waals surface area contributed by atoms with Crippen LogP contribution in [-0.4, -0.2) is 65.4 Å². The first kappa shape index (κ1) is 12.2. The first-order valence-electron chi connectivity index (χ1n) is 5.58. The Kier molecular flexibility index (Phi) is 2.78. The highest BCUT2D eigenvalue weighted by Gasteiger charge is 2.44. The fourth-order valence-electron chi connectivity index (χ4n) is 2.07. The maximum atomic E-state index is 9.92. The largest absolute Gasteiger partial charge is 0.394 e. The van der Waals surface area contributed by atoms with E-state index in [2.05, 4.69) is 20.5 Å². The molecule has 19 heavy (non-hydrogen) atoms. The number of hydrogen-bond donors (Lipinski definition) is 4. The molecule has 10 heteroatoms. The summed E-state index contributed by atoms with van der Waals surface area (Å²) in [7, 11) is 0. The smallest absolute Gasteiger partial charge is 0.181 e. The van der Waals surface area contributed by atoms with Crippen LogP contribution in [0.3, 0.4) is 0 Å². The molecule has 10 nitrogen and oxygen atoms in total. The summed E-state index contributed by atoms with van der Waals surface area (Å²) >= 11 is 0. The van der Waals surface area contributed by atoms with Gasteiger partial charge in [0.25, 0.3) is 0 Å². The Bertz CT molecular complexity index is 603. The first-order valence-corrected chi connectivity index (χ1v) is 5.58. The molecular formula is C9H12N6O4. The predicted molar refractivity (Wildman–Crippen MR) is 60.5 cm³/mol. The van der Waals surface area contributed by atoms with Gasteiger partial charge in [-0.05, 0) is 0 Å². The number of aromatic nitrogens is 5. The van der Waals surface area contributed by atoms with Crippen molar-refractivity contribution in [2.24, 2.45) is 0 Å². The summed E-state index contributed by atoms with van der Waals surface area (Å²) in [6.45, 7) is -0.413. The van der Waals surface area contributed by atoms with Gasteiger partial charge in [-0.1, -0.05) is 5.21 Å². The van der Waals surface area contributed by atoms with Gasteiger partial charge in [0.1, 0.15) is 23.8 Å². The van der Waals surface area contributed by atoms with Crippen LogP contribution in [0.1, 0.15) is 6.23 Å². The summed E-state index contributed by atoms with van der Waals surface area (Å²) in [5.74, 6) is 0.107. The van der Waals surface area contributed by atoms with E-state index in [4.69, 9.17) is 15.6 Å². The van der Waals surface area contributed by atoms with Crippen molar-refractivity contribution in [1.82, 2.24) is 25.2 Å². The molecule has 5 N–H and O–H groups in total. The standard InChI is InChI=1S/C9H12N6O4/c10-8-5-3(1-11-13-8)15(14-12-5)9-7(18)6(17)4(2-16)19-9/h1,4,6-7,9,16-18H,2H2,(H2,10,13)/t4-,6-,7-,9-/m1/s1. The van der Waals surface area contributed by atoms with Crippen molar-refractivity contribution in [1.29, 1.82) is 0 Å². The van der Waals surface area contributed by atoms with Gasteiger partial charge >= 0.3 is 0 Å². The van der Waals surface area contributed by atoms with Crippen LogP contribution in [0.15, 0.2) is 6.20 Å². The molecule has 0 saturated carbocycles. The van der Waals surface area contributed by atoms with Crippen LogP contribution in [0.2, 0.25) is 0 Å². The Hall–Kier alpha value is -1.88. The number of aliphatic hydroxyl groups is 3. The van der Waals surface area contributed by atoms with Gasteiger partial charge in [-0.25, -0.2) is 4.68 Å².